The third-order valence-electron chi connectivity index (χ3n) is 4.52. The molecule has 0 aliphatic carbocycles. The van der Waals surface area contributed by atoms with Crippen molar-refractivity contribution in [3.63, 3.8) is 0 Å². The second-order valence-electron chi connectivity index (χ2n) is 6.55. The van der Waals surface area contributed by atoms with Gasteiger partial charge >= 0.3 is 0 Å². The average molecular weight is 368 g/mol. The number of pyridine rings is 1. The predicted molar refractivity (Wildman–Crippen MR) is 109 cm³/mol. The maximum absolute atomic E-state index is 12.7. The zero-order valence-electron chi connectivity index (χ0n) is 15.6. The van der Waals surface area contributed by atoms with Crippen molar-refractivity contribution >= 4 is 5.91 Å². The van der Waals surface area contributed by atoms with Gasteiger partial charge in [0.15, 0.2) is 0 Å². The van der Waals surface area contributed by atoms with E-state index in [1.54, 1.807) is 36.5 Å². The maximum Gasteiger partial charge on any atom is 0.255 e. The Morgan fingerprint density at radius 3 is 2.36 bits per heavy atom. The van der Waals surface area contributed by atoms with E-state index in [2.05, 4.69) is 4.98 Å². The summed E-state index contributed by atoms with van der Waals surface area (Å²) in [5, 5.41) is 4.80. The molecular weight excluding hydrogens is 348 g/mol. The van der Waals surface area contributed by atoms with Crippen molar-refractivity contribution in [1.82, 2.24) is 19.7 Å². The van der Waals surface area contributed by atoms with Crippen LogP contribution in [0.15, 0.2) is 91.4 Å². The van der Waals surface area contributed by atoms with Gasteiger partial charge in [-0.3, -0.25) is 9.78 Å². The highest BCUT2D eigenvalue weighted by Gasteiger charge is 2.17. The Balaban J connectivity index is 1.69. The quantitative estimate of drug-likeness (QED) is 0.530. The average Bonchev–Trinajstić information content (AvgIpc) is 3.19. The van der Waals surface area contributed by atoms with E-state index in [1.165, 1.54) is 0 Å². The van der Waals surface area contributed by atoms with Gasteiger partial charge in [-0.1, -0.05) is 48.5 Å². The van der Waals surface area contributed by atoms with Crippen LogP contribution < -0.4 is 0 Å². The van der Waals surface area contributed by atoms with Gasteiger partial charge in [0.1, 0.15) is 0 Å². The van der Waals surface area contributed by atoms with Crippen LogP contribution in [-0.2, 0) is 6.54 Å². The molecule has 0 bridgehead atoms. The van der Waals surface area contributed by atoms with E-state index in [0.29, 0.717) is 12.1 Å². The zero-order valence-corrected chi connectivity index (χ0v) is 15.6. The summed E-state index contributed by atoms with van der Waals surface area (Å²) in [6, 6.07) is 23.5. The molecule has 0 fully saturated rings. The van der Waals surface area contributed by atoms with Crippen LogP contribution in [0.5, 0.6) is 0 Å². The van der Waals surface area contributed by atoms with Gasteiger partial charge in [0.05, 0.1) is 16.9 Å². The molecule has 0 aliphatic heterocycles. The summed E-state index contributed by atoms with van der Waals surface area (Å²) in [7, 11) is 1.80. The second kappa shape index (κ2) is 7.88. The summed E-state index contributed by atoms with van der Waals surface area (Å²) in [5.41, 5.74) is 4.42. The molecule has 0 aliphatic rings. The standard InChI is InChI=1S/C23H20N4O/c1-26(23(28)19-11-8-14-24-15-19)16-20-17-27(21-12-6-3-7-13-21)25-22(20)18-9-4-2-5-10-18/h2-15,17H,16H2,1H3. The highest BCUT2D eigenvalue weighted by Crippen LogP contribution is 2.25. The molecule has 0 unspecified atom stereocenters. The fourth-order valence-corrected chi connectivity index (χ4v) is 3.11. The van der Waals surface area contributed by atoms with Crippen LogP contribution >= 0.6 is 0 Å². The van der Waals surface area contributed by atoms with E-state index in [9.17, 15) is 4.79 Å². The van der Waals surface area contributed by atoms with Crippen LogP contribution in [0.25, 0.3) is 16.9 Å². The number of para-hydroxylation sites is 1. The lowest BCUT2D eigenvalue weighted by Gasteiger charge is -2.17. The summed E-state index contributed by atoms with van der Waals surface area (Å²) in [6.45, 7) is 0.449. The van der Waals surface area contributed by atoms with Crippen LogP contribution in [0.1, 0.15) is 15.9 Å². The van der Waals surface area contributed by atoms with E-state index in [4.69, 9.17) is 5.10 Å². The molecule has 0 spiro atoms. The highest BCUT2D eigenvalue weighted by molar-refractivity contribution is 5.93. The number of nitrogens with zero attached hydrogens (tertiary/aromatic N) is 4. The van der Waals surface area contributed by atoms with Crippen molar-refractivity contribution in [2.75, 3.05) is 7.05 Å². The lowest BCUT2D eigenvalue weighted by atomic mass is 10.1. The summed E-state index contributed by atoms with van der Waals surface area (Å²) in [4.78, 5) is 18.5. The first-order chi connectivity index (χ1) is 13.7. The molecule has 2 aromatic heterocycles. The number of carbonyl (C=O) groups is 1. The first-order valence-corrected chi connectivity index (χ1v) is 9.07. The van der Waals surface area contributed by atoms with Gasteiger partial charge in [0.2, 0.25) is 0 Å². The van der Waals surface area contributed by atoms with Gasteiger partial charge in [-0.05, 0) is 24.3 Å². The van der Waals surface area contributed by atoms with Crippen LogP contribution in [0.3, 0.4) is 0 Å². The summed E-state index contributed by atoms with van der Waals surface area (Å²) >= 11 is 0. The van der Waals surface area contributed by atoms with Crippen molar-refractivity contribution in [1.29, 1.82) is 0 Å². The molecule has 0 saturated heterocycles. The van der Waals surface area contributed by atoms with Gasteiger partial charge in [-0.15, -0.1) is 0 Å². The van der Waals surface area contributed by atoms with E-state index in [0.717, 1.165) is 22.5 Å². The molecule has 1 amide bonds. The molecule has 4 aromatic rings. The maximum atomic E-state index is 12.7. The van der Waals surface area contributed by atoms with E-state index < -0.39 is 0 Å². The fraction of sp³-hybridized carbons (Fsp3) is 0.0870. The van der Waals surface area contributed by atoms with Gasteiger partial charge in [0.25, 0.3) is 5.91 Å². The summed E-state index contributed by atoms with van der Waals surface area (Å²) < 4.78 is 1.86. The Bertz CT molecular complexity index is 1060. The van der Waals surface area contributed by atoms with Crippen molar-refractivity contribution in [3.05, 3.63) is 103 Å². The van der Waals surface area contributed by atoms with Crippen LogP contribution in [-0.4, -0.2) is 32.6 Å². The van der Waals surface area contributed by atoms with Crippen LogP contribution in [0, 0.1) is 0 Å². The lowest BCUT2D eigenvalue weighted by molar-refractivity contribution is 0.0785. The first kappa shape index (κ1) is 17.7. The SMILES string of the molecule is CN(Cc1cn(-c2ccccc2)nc1-c1ccccc1)C(=O)c1cccnc1. The molecule has 0 N–H and O–H groups in total. The number of benzene rings is 2. The first-order valence-electron chi connectivity index (χ1n) is 9.07. The molecule has 0 atom stereocenters. The van der Waals surface area contributed by atoms with E-state index in [-0.39, 0.29) is 5.91 Å². The Morgan fingerprint density at radius 2 is 1.68 bits per heavy atom. The Hall–Kier alpha value is -3.73. The Kier molecular flexibility index (Phi) is 4.97. The minimum absolute atomic E-state index is 0.0698. The molecule has 0 saturated carbocycles. The molecular formula is C23H20N4O. The number of amides is 1. The predicted octanol–water partition coefficient (Wildman–Crippen LogP) is 4.21. The van der Waals surface area contributed by atoms with Crippen molar-refractivity contribution < 1.29 is 4.79 Å². The number of hydrogen-bond acceptors (Lipinski definition) is 3. The highest BCUT2D eigenvalue weighted by atomic mass is 16.2. The van der Waals surface area contributed by atoms with Gasteiger partial charge in [-0.2, -0.15) is 5.10 Å². The number of rotatable bonds is 5. The van der Waals surface area contributed by atoms with Crippen molar-refractivity contribution in [2.45, 2.75) is 6.54 Å². The molecule has 2 aromatic carbocycles. The van der Waals surface area contributed by atoms with E-state index >= 15 is 0 Å². The molecule has 5 heteroatoms. The second-order valence-corrected chi connectivity index (χ2v) is 6.55. The van der Waals surface area contributed by atoms with Crippen molar-refractivity contribution in [3.8, 4) is 16.9 Å². The molecule has 2 heterocycles. The van der Waals surface area contributed by atoms with Crippen LogP contribution in [0.4, 0.5) is 0 Å². The number of aromatic nitrogens is 3. The normalized spacial score (nSPS) is 10.6. The zero-order chi connectivity index (χ0) is 19.3. The molecule has 4 rings (SSSR count). The van der Waals surface area contributed by atoms with Crippen LogP contribution in [0.2, 0.25) is 0 Å². The summed E-state index contributed by atoms with van der Waals surface area (Å²) in [5.74, 6) is -0.0698. The molecule has 5 nitrogen and oxygen atoms in total. The molecule has 28 heavy (non-hydrogen) atoms. The number of carbonyl (C=O) groups excluding carboxylic acids is 1. The Labute approximate surface area is 163 Å². The third-order valence-corrected chi connectivity index (χ3v) is 4.52. The molecule has 0 radical (unpaired) electrons. The fourth-order valence-electron chi connectivity index (χ4n) is 3.11. The summed E-state index contributed by atoms with van der Waals surface area (Å²) in [6.07, 6.45) is 5.24. The molecule has 138 valence electrons. The van der Waals surface area contributed by atoms with Gasteiger partial charge in [0, 0.05) is 43.3 Å². The minimum atomic E-state index is -0.0698. The van der Waals surface area contributed by atoms with Crippen molar-refractivity contribution in [2.24, 2.45) is 0 Å². The Morgan fingerprint density at radius 1 is 0.964 bits per heavy atom. The monoisotopic (exact) mass is 368 g/mol. The van der Waals surface area contributed by atoms with E-state index in [1.807, 2.05) is 71.5 Å². The largest absolute Gasteiger partial charge is 0.337 e. The minimum Gasteiger partial charge on any atom is -0.337 e. The van der Waals surface area contributed by atoms with Gasteiger partial charge in [-0.25, -0.2) is 4.68 Å². The van der Waals surface area contributed by atoms with Gasteiger partial charge < -0.3 is 4.90 Å². The smallest absolute Gasteiger partial charge is 0.255 e. The third kappa shape index (κ3) is 3.69. The lowest BCUT2D eigenvalue weighted by Crippen LogP contribution is -2.26. The number of hydrogen-bond donors (Lipinski definition) is 0. The topological polar surface area (TPSA) is 51.0 Å².